The van der Waals surface area contributed by atoms with E-state index in [0.29, 0.717) is 6.04 Å². The maximum Gasteiger partial charge on any atom is 0.107 e. The number of hydrogen-bond donors (Lipinski definition) is 0. The topological polar surface area (TPSA) is 29.0 Å². The Labute approximate surface area is 113 Å². The molecule has 18 heavy (non-hydrogen) atoms. The molecule has 0 aliphatic rings. The molecule has 0 radical (unpaired) electrons. The molecule has 4 heteroatoms. The molecule has 0 saturated heterocycles. The van der Waals surface area contributed by atoms with E-state index in [4.69, 9.17) is 0 Å². The number of rotatable bonds is 6. The van der Waals surface area contributed by atoms with Gasteiger partial charge >= 0.3 is 0 Å². The number of hydrogen-bond acceptors (Lipinski definition) is 4. The minimum absolute atomic E-state index is 0.550. The van der Waals surface area contributed by atoms with E-state index in [2.05, 4.69) is 34.8 Å². The van der Waals surface area contributed by atoms with E-state index in [9.17, 15) is 0 Å². The van der Waals surface area contributed by atoms with E-state index in [-0.39, 0.29) is 0 Å². The first-order valence-corrected chi connectivity index (χ1v) is 7.19. The Balaban J connectivity index is 2.06. The smallest absolute Gasteiger partial charge is 0.107 e. The molecule has 0 aliphatic carbocycles. The van der Waals surface area contributed by atoms with E-state index in [0.717, 1.165) is 19.5 Å². The van der Waals surface area contributed by atoms with Crippen molar-refractivity contribution in [3.05, 3.63) is 46.7 Å². The molecule has 0 fully saturated rings. The molecule has 3 nitrogen and oxygen atoms in total. The number of pyridine rings is 1. The number of thiazole rings is 1. The highest BCUT2D eigenvalue weighted by molar-refractivity contribution is 7.09. The second-order valence-electron chi connectivity index (χ2n) is 4.45. The van der Waals surface area contributed by atoms with Gasteiger partial charge in [0.1, 0.15) is 5.01 Å². The van der Waals surface area contributed by atoms with Crippen molar-refractivity contribution in [2.45, 2.75) is 39.4 Å². The minimum Gasteiger partial charge on any atom is -0.290 e. The van der Waals surface area contributed by atoms with Crippen molar-refractivity contribution in [3.8, 4) is 0 Å². The quantitative estimate of drug-likeness (QED) is 0.798. The molecule has 2 aromatic heterocycles. The van der Waals surface area contributed by atoms with Gasteiger partial charge in [0.05, 0.1) is 6.54 Å². The fraction of sp³-hybridized carbons (Fsp3) is 0.429. The summed E-state index contributed by atoms with van der Waals surface area (Å²) in [5.41, 5.74) is 1.26. The zero-order valence-electron chi connectivity index (χ0n) is 10.9. The van der Waals surface area contributed by atoms with Gasteiger partial charge < -0.3 is 0 Å². The fourth-order valence-electron chi connectivity index (χ4n) is 1.86. The summed E-state index contributed by atoms with van der Waals surface area (Å²) in [5.74, 6) is 0. The minimum atomic E-state index is 0.550. The Morgan fingerprint density at radius 1 is 1.33 bits per heavy atom. The molecule has 2 aromatic rings. The molecule has 1 atom stereocenters. The van der Waals surface area contributed by atoms with Crippen LogP contribution in [0.5, 0.6) is 0 Å². The van der Waals surface area contributed by atoms with Crippen LogP contribution in [0.15, 0.2) is 36.1 Å². The highest BCUT2D eigenvalue weighted by atomic mass is 32.1. The Kier molecular flexibility index (Phi) is 4.84. The highest BCUT2D eigenvalue weighted by Crippen LogP contribution is 2.15. The molecule has 2 rings (SSSR count). The molecule has 0 N–H and O–H groups in total. The average molecular weight is 261 g/mol. The molecule has 0 unspecified atom stereocenters. The van der Waals surface area contributed by atoms with Crippen LogP contribution in [-0.2, 0) is 13.1 Å². The van der Waals surface area contributed by atoms with Gasteiger partial charge in [0.2, 0.25) is 0 Å². The Hall–Kier alpha value is -1.26. The van der Waals surface area contributed by atoms with Crippen molar-refractivity contribution in [3.63, 3.8) is 0 Å². The van der Waals surface area contributed by atoms with Crippen LogP contribution in [0.3, 0.4) is 0 Å². The van der Waals surface area contributed by atoms with E-state index in [1.807, 2.05) is 30.0 Å². The van der Waals surface area contributed by atoms with E-state index >= 15 is 0 Å². The van der Waals surface area contributed by atoms with Gasteiger partial charge in [0.15, 0.2) is 0 Å². The predicted molar refractivity (Wildman–Crippen MR) is 75.4 cm³/mol. The number of aromatic nitrogens is 2. The van der Waals surface area contributed by atoms with Crippen LogP contribution in [0.2, 0.25) is 0 Å². The second-order valence-corrected chi connectivity index (χ2v) is 5.43. The van der Waals surface area contributed by atoms with Gasteiger partial charge in [0, 0.05) is 36.6 Å². The normalized spacial score (nSPS) is 12.8. The van der Waals surface area contributed by atoms with Crippen LogP contribution >= 0.6 is 11.3 Å². The van der Waals surface area contributed by atoms with Crippen molar-refractivity contribution in [1.82, 2.24) is 14.9 Å². The molecule has 0 aliphatic heterocycles. The summed E-state index contributed by atoms with van der Waals surface area (Å²) >= 11 is 1.72. The summed E-state index contributed by atoms with van der Waals surface area (Å²) in [5, 5.41) is 3.22. The van der Waals surface area contributed by atoms with E-state index in [1.54, 1.807) is 11.3 Å². The molecule has 2 heterocycles. The maximum atomic E-state index is 4.38. The largest absolute Gasteiger partial charge is 0.290 e. The van der Waals surface area contributed by atoms with Crippen molar-refractivity contribution in [1.29, 1.82) is 0 Å². The van der Waals surface area contributed by atoms with Crippen LogP contribution < -0.4 is 0 Å². The Morgan fingerprint density at radius 3 is 2.83 bits per heavy atom. The van der Waals surface area contributed by atoms with E-state index in [1.165, 1.54) is 10.6 Å². The maximum absolute atomic E-state index is 4.38. The average Bonchev–Trinajstić information content (AvgIpc) is 2.91. The highest BCUT2D eigenvalue weighted by Gasteiger charge is 2.14. The van der Waals surface area contributed by atoms with Gasteiger partial charge in [-0.1, -0.05) is 13.0 Å². The van der Waals surface area contributed by atoms with Crippen molar-refractivity contribution < 1.29 is 0 Å². The zero-order chi connectivity index (χ0) is 12.8. The first-order chi connectivity index (χ1) is 8.79. The molecule has 0 saturated carbocycles. The van der Waals surface area contributed by atoms with Gasteiger partial charge in [-0.25, -0.2) is 4.98 Å². The predicted octanol–water partition coefficient (Wildman–Crippen LogP) is 3.34. The summed E-state index contributed by atoms with van der Waals surface area (Å²) in [6, 6.07) is 4.67. The lowest BCUT2D eigenvalue weighted by molar-refractivity contribution is 0.185. The third-order valence-corrected chi connectivity index (χ3v) is 3.91. The van der Waals surface area contributed by atoms with Gasteiger partial charge in [0.25, 0.3) is 0 Å². The summed E-state index contributed by atoms with van der Waals surface area (Å²) < 4.78 is 0. The first kappa shape index (κ1) is 13.2. The van der Waals surface area contributed by atoms with Gasteiger partial charge in [-0.2, -0.15) is 0 Å². The van der Waals surface area contributed by atoms with E-state index < -0.39 is 0 Å². The number of nitrogens with zero attached hydrogens (tertiary/aromatic N) is 3. The Bertz CT molecular complexity index is 441. The fourth-order valence-corrected chi connectivity index (χ4v) is 2.50. The van der Waals surface area contributed by atoms with Crippen LogP contribution in [-0.4, -0.2) is 20.9 Å². The molecule has 0 spiro atoms. The standard InChI is InChI=1S/C14H19N3S/c1-3-12(2)17(11-14-16-7-8-18-14)10-13-5-4-6-15-9-13/h4-9,12H,3,10-11H2,1-2H3/t12-/m1/s1. The monoisotopic (exact) mass is 261 g/mol. The van der Waals surface area contributed by atoms with Crippen molar-refractivity contribution in [2.75, 3.05) is 0 Å². The van der Waals surface area contributed by atoms with Gasteiger partial charge in [-0.05, 0) is 25.0 Å². The summed E-state index contributed by atoms with van der Waals surface area (Å²) in [4.78, 5) is 11.0. The van der Waals surface area contributed by atoms with Crippen molar-refractivity contribution in [2.24, 2.45) is 0 Å². The van der Waals surface area contributed by atoms with Gasteiger partial charge in [-0.3, -0.25) is 9.88 Å². The van der Waals surface area contributed by atoms with Gasteiger partial charge in [-0.15, -0.1) is 11.3 Å². The molecular formula is C14H19N3S. The van der Waals surface area contributed by atoms with Crippen molar-refractivity contribution >= 4 is 11.3 Å². The zero-order valence-corrected chi connectivity index (χ0v) is 11.7. The lowest BCUT2D eigenvalue weighted by atomic mass is 10.2. The summed E-state index contributed by atoms with van der Waals surface area (Å²) in [6.07, 6.45) is 6.78. The van der Waals surface area contributed by atoms with Crippen LogP contribution in [0, 0.1) is 0 Å². The lowest BCUT2D eigenvalue weighted by Crippen LogP contribution is -2.31. The first-order valence-electron chi connectivity index (χ1n) is 6.31. The molecule has 0 bridgehead atoms. The molecular weight excluding hydrogens is 242 g/mol. The third kappa shape index (κ3) is 3.62. The lowest BCUT2D eigenvalue weighted by Gasteiger charge is -2.27. The SMILES string of the molecule is CC[C@@H](C)N(Cc1cccnc1)Cc1nccs1. The molecule has 0 aromatic carbocycles. The summed E-state index contributed by atoms with van der Waals surface area (Å²) in [7, 11) is 0. The second kappa shape index (κ2) is 6.61. The molecule has 96 valence electrons. The van der Waals surface area contributed by atoms with Crippen LogP contribution in [0.4, 0.5) is 0 Å². The summed E-state index contributed by atoms with van der Waals surface area (Å²) in [6.45, 7) is 6.34. The van der Waals surface area contributed by atoms with Crippen LogP contribution in [0.25, 0.3) is 0 Å². The third-order valence-electron chi connectivity index (χ3n) is 3.14. The Morgan fingerprint density at radius 2 is 2.22 bits per heavy atom. The van der Waals surface area contributed by atoms with Crippen LogP contribution in [0.1, 0.15) is 30.8 Å². The molecule has 0 amide bonds.